The molecule has 0 bridgehead atoms. The van der Waals surface area contributed by atoms with Gasteiger partial charge in [0.25, 0.3) is 5.91 Å². The average molecular weight is 470 g/mol. The highest BCUT2D eigenvalue weighted by molar-refractivity contribution is 7.14. The highest BCUT2D eigenvalue weighted by Crippen LogP contribution is 2.28. The van der Waals surface area contributed by atoms with Gasteiger partial charge < -0.3 is 24.8 Å². The highest BCUT2D eigenvalue weighted by atomic mass is 32.1. The van der Waals surface area contributed by atoms with Crippen molar-refractivity contribution in [2.45, 2.75) is 20.3 Å². The molecule has 0 spiro atoms. The first-order valence-electron chi connectivity index (χ1n) is 11.2. The predicted molar refractivity (Wildman–Crippen MR) is 133 cm³/mol. The first kappa shape index (κ1) is 24.5. The SMILES string of the molecule is CC.Cn1ccc(C(=O)NCC(=O)Nc2nc(-c3cccc(N4CCCOCC4)c3)cs2)c1. The van der Waals surface area contributed by atoms with E-state index in [-0.39, 0.29) is 18.4 Å². The van der Waals surface area contributed by atoms with Gasteiger partial charge in [-0.2, -0.15) is 0 Å². The van der Waals surface area contributed by atoms with Crippen molar-refractivity contribution in [3.8, 4) is 11.3 Å². The van der Waals surface area contributed by atoms with E-state index < -0.39 is 0 Å². The second-order valence-corrected chi connectivity index (χ2v) is 8.20. The van der Waals surface area contributed by atoms with Crippen LogP contribution >= 0.6 is 11.3 Å². The highest BCUT2D eigenvalue weighted by Gasteiger charge is 2.14. The fraction of sp³-hybridized carbons (Fsp3) is 0.375. The molecule has 4 rings (SSSR count). The monoisotopic (exact) mass is 469 g/mol. The second-order valence-electron chi connectivity index (χ2n) is 7.34. The van der Waals surface area contributed by atoms with Gasteiger partial charge in [-0.05, 0) is 24.6 Å². The molecule has 3 aromatic rings. The van der Waals surface area contributed by atoms with Crippen LogP contribution in [-0.4, -0.2) is 54.2 Å². The summed E-state index contributed by atoms with van der Waals surface area (Å²) >= 11 is 1.36. The van der Waals surface area contributed by atoms with E-state index in [0.29, 0.717) is 10.7 Å². The van der Waals surface area contributed by atoms with E-state index in [0.717, 1.165) is 49.7 Å². The quantitative estimate of drug-likeness (QED) is 0.574. The minimum Gasteiger partial charge on any atom is -0.380 e. The molecule has 0 saturated carbocycles. The first-order chi connectivity index (χ1) is 16.1. The van der Waals surface area contributed by atoms with Gasteiger partial charge in [0.05, 0.1) is 24.4 Å². The third-order valence-corrected chi connectivity index (χ3v) is 5.74. The van der Waals surface area contributed by atoms with Crippen molar-refractivity contribution in [3.05, 3.63) is 53.7 Å². The van der Waals surface area contributed by atoms with Crippen LogP contribution in [0.1, 0.15) is 30.6 Å². The molecule has 0 atom stereocenters. The maximum absolute atomic E-state index is 12.2. The predicted octanol–water partition coefficient (Wildman–Crippen LogP) is 3.77. The Morgan fingerprint density at radius 1 is 1.18 bits per heavy atom. The van der Waals surface area contributed by atoms with Crippen LogP contribution in [0.25, 0.3) is 11.3 Å². The van der Waals surface area contributed by atoms with E-state index >= 15 is 0 Å². The molecule has 0 radical (unpaired) electrons. The molecular formula is C24H31N5O3S. The normalized spacial score (nSPS) is 13.5. The molecule has 2 amide bonds. The van der Waals surface area contributed by atoms with Crippen LogP contribution in [0.3, 0.4) is 0 Å². The number of thiazole rings is 1. The van der Waals surface area contributed by atoms with E-state index in [2.05, 4.69) is 32.7 Å². The average Bonchev–Trinajstić information content (AvgIpc) is 3.39. The van der Waals surface area contributed by atoms with Crippen LogP contribution in [0.4, 0.5) is 10.8 Å². The largest absolute Gasteiger partial charge is 0.380 e. The molecule has 1 fully saturated rings. The summed E-state index contributed by atoms with van der Waals surface area (Å²) in [7, 11) is 1.83. The number of carbonyl (C=O) groups excluding carboxylic acids is 2. The minimum atomic E-state index is -0.316. The number of rotatable bonds is 6. The van der Waals surface area contributed by atoms with Crippen LogP contribution < -0.4 is 15.5 Å². The number of benzene rings is 1. The first-order valence-corrected chi connectivity index (χ1v) is 12.0. The molecule has 1 saturated heterocycles. The summed E-state index contributed by atoms with van der Waals surface area (Å²) < 4.78 is 7.32. The Bertz CT molecular complexity index is 1050. The summed E-state index contributed by atoms with van der Waals surface area (Å²) in [6.45, 7) is 7.26. The molecule has 0 unspecified atom stereocenters. The zero-order chi connectivity index (χ0) is 23.6. The summed E-state index contributed by atoms with van der Waals surface area (Å²) in [5.41, 5.74) is 3.46. The molecule has 33 heavy (non-hydrogen) atoms. The number of aryl methyl sites for hydroxylation is 1. The topological polar surface area (TPSA) is 88.5 Å². The van der Waals surface area contributed by atoms with Crippen molar-refractivity contribution in [1.29, 1.82) is 0 Å². The van der Waals surface area contributed by atoms with Crippen molar-refractivity contribution >= 4 is 34.0 Å². The summed E-state index contributed by atoms with van der Waals surface area (Å²) in [6, 6.07) is 9.95. The van der Waals surface area contributed by atoms with Crippen LogP contribution in [0, 0.1) is 0 Å². The van der Waals surface area contributed by atoms with E-state index in [1.807, 2.05) is 38.4 Å². The molecule has 3 heterocycles. The molecule has 1 aromatic carbocycles. The Morgan fingerprint density at radius 3 is 2.82 bits per heavy atom. The summed E-state index contributed by atoms with van der Waals surface area (Å²) in [6.07, 6.45) is 4.49. The van der Waals surface area contributed by atoms with E-state index in [4.69, 9.17) is 4.74 Å². The molecule has 9 heteroatoms. The Kier molecular flexibility index (Phi) is 9.03. The van der Waals surface area contributed by atoms with Gasteiger partial charge in [-0.25, -0.2) is 4.98 Å². The van der Waals surface area contributed by atoms with Gasteiger partial charge in [0.2, 0.25) is 5.91 Å². The summed E-state index contributed by atoms with van der Waals surface area (Å²) in [5.74, 6) is -0.602. The molecule has 1 aliphatic heterocycles. The lowest BCUT2D eigenvalue weighted by molar-refractivity contribution is -0.115. The fourth-order valence-electron chi connectivity index (χ4n) is 3.39. The number of carbonyl (C=O) groups is 2. The van der Waals surface area contributed by atoms with Crippen molar-refractivity contribution in [3.63, 3.8) is 0 Å². The van der Waals surface area contributed by atoms with Gasteiger partial charge in [-0.1, -0.05) is 26.0 Å². The lowest BCUT2D eigenvalue weighted by Crippen LogP contribution is -2.32. The maximum Gasteiger partial charge on any atom is 0.253 e. The summed E-state index contributed by atoms with van der Waals surface area (Å²) in [4.78, 5) is 31.1. The number of hydrogen-bond donors (Lipinski definition) is 2. The number of amides is 2. The van der Waals surface area contributed by atoms with Crippen molar-refractivity contribution in [2.75, 3.05) is 43.1 Å². The Balaban J connectivity index is 0.00000149. The lowest BCUT2D eigenvalue weighted by atomic mass is 10.1. The Labute approximate surface area is 198 Å². The fourth-order valence-corrected chi connectivity index (χ4v) is 4.13. The van der Waals surface area contributed by atoms with Crippen LogP contribution in [0.2, 0.25) is 0 Å². The number of anilines is 2. The van der Waals surface area contributed by atoms with Gasteiger partial charge in [0, 0.05) is 55.8 Å². The van der Waals surface area contributed by atoms with Crippen molar-refractivity contribution in [2.24, 2.45) is 7.05 Å². The lowest BCUT2D eigenvalue weighted by Gasteiger charge is -2.22. The van der Waals surface area contributed by atoms with Gasteiger partial charge in [-0.3, -0.25) is 9.59 Å². The van der Waals surface area contributed by atoms with Gasteiger partial charge >= 0.3 is 0 Å². The third-order valence-electron chi connectivity index (χ3n) is 4.98. The Hall–Kier alpha value is -3.17. The zero-order valence-electron chi connectivity index (χ0n) is 19.3. The second kappa shape index (κ2) is 12.2. The third kappa shape index (κ3) is 6.90. The zero-order valence-corrected chi connectivity index (χ0v) is 20.2. The van der Waals surface area contributed by atoms with Gasteiger partial charge in [0.15, 0.2) is 5.13 Å². The minimum absolute atomic E-state index is 0.116. The number of ether oxygens (including phenoxy) is 1. The number of nitrogens with zero attached hydrogens (tertiary/aromatic N) is 3. The van der Waals surface area contributed by atoms with Crippen LogP contribution in [0.15, 0.2) is 48.1 Å². The van der Waals surface area contributed by atoms with Crippen LogP contribution in [-0.2, 0) is 16.6 Å². The number of aromatic nitrogens is 2. The van der Waals surface area contributed by atoms with Gasteiger partial charge in [0.1, 0.15) is 0 Å². The smallest absolute Gasteiger partial charge is 0.253 e. The standard InChI is InChI=1S/C22H25N5O3S.C2H6/c1-26-8-6-17(14-26)21(29)23-13-20(28)25-22-24-19(15-31-22)16-4-2-5-18(12-16)27-7-3-10-30-11-9-27;1-2/h2,4-6,8,12,14-15H,3,7,9-11,13H2,1H3,(H,23,29)(H,24,25,28);1-2H3. The van der Waals surface area contributed by atoms with Gasteiger partial charge in [-0.15, -0.1) is 11.3 Å². The van der Waals surface area contributed by atoms with E-state index in [1.54, 1.807) is 23.0 Å². The molecule has 2 N–H and O–H groups in total. The van der Waals surface area contributed by atoms with E-state index in [1.165, 1.54) is 11.3 Å². The summed E-state index contributed by atoms with van der Waals surface area (Å²) in [5, 5.41) is 7.79. The number of nitrogens with one attached hydrogen (secondary N) is 2. The van der Waals surface area contributed by atoms with Crippen molar-refractivity contribution in [1.82, 2.24) is 14.9 Å². The number of hydrogen-bond acceptors (Lipinski definition) is 6. The molecule has 0 aliphatic carbocycles. The molecule has 176 valence electrons. The molecule has 2 aromatic heterocycles. The van der Waals surface area contributed by atoms with Crippen molar-refractivity contribution < 1.29 is 14.3 Å². The molecular weight excluding hydrogens is 438 g/mol. The maximum atomic E-state index is 12.2. The van der Waals surface area contributed by atoms with E-state index in [9.17, 15) is 9.59 Å². The Morgan fingerprint density at radius 2 is 2.03 bits per heavy atom. The molecule has 8 nitrogen and oxygen atoms in total. The van der Waals surface area contributed by atoms with Crippen LogP contribution in [0.5, 0.6) is 0 Å². The molecule has 1 aliphatic rings.